The highest BCUT2D eigenvalue weighted by Crippen LogP contribution is 2.28. The van der Waals surface area contributed by atoms with E-state index in [-0.39, 0.29) is 5.56 Å². The third kappa shape index (κ3) is 2.65. The van der Waals surface area contributed by atoms with Crippen LogP contribution in [0.3, 0.4) is 0 Å². The lowest BCUT2D eigenvalue weighted by atomic mass is 10.2. The van der Waals surface area contributed by atoms with Crippen LogP contribution in [0.15, 0.2) is 4.79 Å². The maximum Gasteiger partial charge on any atom is 0.258 e. The molecule has 0 aromatic carbocycles. The second kappa shape index (κ2) is 5.90. The third-order valence-corrected chi connectivity index (χ3v) is 4.43. The normalized spacial score (nSPS) is 18.9. The zero-order chi connectivity index (χ0) is 15.0. The standard InChI is InChI=1S/C14H23N5OS/c1-3-5-16-7-11-12(20)15-14(21)19-10-17(6-4-2)9-18(8-16)13(11)19/h3-10H2,1-2H3,(H,15,20,21). The van der Waals surface area contributed by atoms with Crippen LogP contribution < -0.4 is 10.5 Å². The van der Waals surface area contributed by atoms with Gasteiger partial charge in [-0.3, -0.25) is 24.1 Å². The Morgan fingerprint density at radius 1 is 1.10 bits per heavy atom. The average molecular weight is 309 g/mol. The van der Waals surface area contributed by atoms with Gasteiger partial charge in [-0.25, -0.2) is 0 Å². The molecule has 2 aliphatic rings. The molecule has 21 heavy (non-hydrogen) atoms. The Bertz CT molecular complexity index is 587. The quantitative estimate of drug-likeness (QED) is 0.855. The van der Waals surface area contributed by atoms with Gasteiger partial charge in [0.2, 0.25) is 0 Å². The van der Waals surface area contributed by atoms with Crippen LogP contribution in [0.25, 0.3) is 0 Å². The van der Waals surface area contributed by atoms with Crippen molar-refractivity contribution in [3.8, 4) is 0 Å². The molecule has 7 heteroatoms. The monoisotopic (exact) mass is 309 g/mol. The SMILES string of the molecule is CCCN1Cc2c3n(c(=S)[nH]c2=O)CN(CCC)CN3C1. The zero-order valence-electron chi connectivity index (χ0n) is 12.8. The molecule has 0 saturated carbocycles. The number of aromatic amines is 1. The molecule has 0 saturated heterocycles. The summed E-state index contributed by atoms with van der Waals surface area (Å²) in [6.45, 7) is 9.66. The molecule has 1 N–H and O–H groups in total. The van der Waals surface area contributed by atoms with Crippen LogP contribution in [-0.4, -0.2) is 45.8 Å². The van der Waals surface area contributed by atoms with Gasteiger partial charge in [0.1, 0.15) is 5.82 Å². The zero-order valence-corrected chi connectivity index (χ0v) is 13.6. The Hall–Kier alpha value is -1.18. The predicted octanol–water partition coefficient (Wildman–Crippen LogP) is 1.54. The molecule has 0 bridgehead atoms. The van der Waals surface area contributed by atoms with Gasteiger partial charge in [-0.05, 0) is 31.6 Å². The van der Waals surface area contributed by atoms with Crippen LogP contribution in [0.5, 0.6) is 0 Å². The van der Waals surface area contributed by atoms with Crippen molar-refractivity contribution < 1.29 is 0 Å². The molecule has 1 aromatic heterocycles. The molecule has 1 aromatic rings. The van der Waals surface area contributed by atoms with E-state index in [2.05, 4.69) is 38.1 Å². The summed E-state index contributed by atoms with van der Waals surface area (Å²) in [6, 6.07) is 0. The van der Waals surface area contributed by atoms with E-state index in [1.165, 1.54) is 0 Å². The highest BCUT2D eigenvalue weighted by Gasteiger charge is 2.31. The maximum atomic E-state index is 12.3. The number of hydrogen-bond acceptors (Lipinski definition) is 5. The van der Waals surface area contributed by atoms with Crippen LogP contribution >= 0.6 is 12.2 Å². The number of aromatic nitrogens is 2. The fourth-order valence-electron chi connectivity index (χ4n) is 3.34. The molecule has 0 aliphatic carbocycles. The Labute approximate surface area is 130 Å². The number of nitrogens with zero attached hydrogens (tertiary/aromatic N) is 4. The van der Waals surface area contributed by atoms with Gasteiger partial charge in [-0.1, -0.05) is 13.8 Å². The topological polar surface area (TPSA) is 47.5 Å². The summed E-state index contributed by atoms with van der Waals surface area (Å²) in [5.41, 5.74) is 0.834. The first-order chi connectivity index (χ1) is 10.1. The second-order valence-electron chi connectivity index (χ2n) is 5.90. The smallest absolute Gasteiger partial charge is 0.258 e. The van der Waals surface area contributed by atoms with E-state index in [4.69, 9.17) is 12.2 Å². The van der Waals surface area contributed by atoms with E-state index in [0.29, 0.717) is 4.77 Å². The largest absolute Gasteiger partial charge is 0.331 e. The third-order valence-electron chi connectivity index (χ3n) is 4.11. The van der Waals surface area contributed by atoms with Crippen LogP contribution in [0.2, 0.25) is 0 Å². The predicted molar refractivity (Wildman–Crippen MR) is 85.8 cm³/mol. The molecule has 3 heterocycles. The summed E-state index contributed by atoms with van der Waals surface area (Å²) in [5.74, 6) is 1.03. The van der Waals surface area contributed by atoms with Crippen LogP contribution in [0.4, 0.5) is 5.82 Å². The van der Waals surface area contributed by atoms with E-state index in [1.807, 2.05) is 0 Å². The van der Waals surface area contributed by atoms with E-state index < -0.39 is 0 Å². The Morgan fingerprint density at radius 2 is 1.76 bits per heavy atom. The fraction of sp³-hybridized carbons (Fsp3) is 0.714. The molecule has 0 radical (unpaired) electrons. The molecule has 0 unspecified atom stereocenters. The van der Waals surface area contributed by atoms with E-state index in [9.17, 15) is 4.79 Å². The van der Waals surface area contributed by atoms with Crippen molar-refractivity contribution in [2.45, 2.75) is 39.9 Å². The van der Waals surface area contributed by atoms with Crippen molar-refractivity contribution in [2.24, 2.45) is 0 Å². The number of hydrogen-bond donors (Lipinski definition) is 1. The van der Waals surface area contributed by atoms with Crippen molar-refractivity contribution >= 4 is 18.0 Å². The highest BCUT2D eigenvalue weighted by atomic mass is 32.1. The molecule has 2 aliphatic heterocycles. The number of nitrogens with one attached hydrogen (secondary N) is 1. The summed E-state index contributed by atoms with van der Waals surface area (Å²) in [5, 5.41) is 0. The van der Waals surface area contributed by atoms with Gasteiger partial charge >= 0.3 is 0 Å². The van der Waals surface area contributed by atoms with E-state index >= 15 is 0 Å². The first-order valence-corrected chi connectivity index (χ1v) is 8.10. The Balaban J connectivity index is 2.05. The minimum Gasteiger partial charge on any atom is -0.331 e. The molecule has 0 fully saturated rings. The molecule has 0 atom stereocenters. The van der Waals surface area contributed by atoms with Gasteiger partial charge in [-0.15, -0.1) is 0 Å². The van der Waals surface area contributed by atoms with Crippen LogP contribution in [0.1, 0.15) is 32.3 Å². The summed E-state index contributed by atoms with van der Waals surface area (Å²) >= 11 is 5.37. The molecular formula is C14H23N5OS. The fourth-order valence-corrected chi connectivity index (χ4v) is 3.58. The molecule has 0 amide bonds. The van der Waals surface area contributed by atoms with Gasteiger partial charge in [0.25, 0.3) is 5.56 Å². The number of anilines is 1. The van der Waals surface area contributed by atoms with Crippen molar-refractivity contribution in [3.63, 3.8) is 0 Å². The molecule has 116 valence electrons. The first-order valence-electron chi connectivity index (χ1n) is 7.69. The van der Waals surface area contributed by atoms with Crippen molar-refractivity contribution in [3.05, 3.63) is 20.7 Å². The molecule has 0 spiro atoms. The maximum absolute atomic E-state index is 12.3. The Kier molecular flexibility index (Phi) is 4.14. The minimum atomic E-state index is -0.0269. The van der Waals surface area contributed by atoms with Crippen molar-refractivity contribution in [1.82, 2.24) is 19.4 Å². The lowest BCUT2D eigenvalue weighted by molar-refractivity contribution is 0.155. The van der Waals surface area contributed by atoms with E-state index in [1.54, 1.807) is 0 Å². The lowest BCUT2D eigenvalue weighted by Gasteiger charge is -2.45. The summed E-state index contributed by atoms with van der Waals surface area (Å²) < 4.78 is 2.61. The average Bonchev–Trinajstić information content (AvgIpc) is 2.44. The van der Waals surface area contributed by atoms with Gasteiger partial charge < -0.3 is 4.90 Å². The first kappa shape index (κ1) is 14.7. The van der Waals surface area contributed by atoms with Crippen LogP contribution in [0, 0.1) is 4.77 Å². The second-order valence-corrected chi connectivity index (χ2v) is 6.29. The lowest BCUT2D eigenvalue weighted by Crippen LogP contribution is -2.54. The van der Waals surface area contributed by atoms with Crippen LogP contribution in [-0.2, 0) is 13.2 Å². The molecule has 3 rings (SSSR count). The van der Waals surface area contributed by atoms with Gasteiger partial charge in [0.15, 0.2) is 4.77 Å². The summed E-state index contributed by atoms with van der Waals surface area (Å²) in [6.07, 6.45) is 2.21. The summed E-state index contributed by atoms with van der Waals surface area (Å²) in [4.78, 5) is 22.1. The summed E-state index contributed by atoms with van der Waals surface area (Å²) in [7, 11) is 0. The highest BCUT2D eigenvalue weighted by molar-refractivity contribution is 7.71. The molecular weight excluding hydrogens is 286 g/mol. The van der Waals surface area contributed by atoms with Gasteiger partial charge in [-0.2, -0.15) is 0 Å². The van der Waals surface area contributed by atoms with Gasteiger partial charge in [0, 0.05) is 13.1 Å². The number of rotatable bonds is 4. The minimum absolute atomic E-state index is 0.0269. The van der Waals surface area contributed by atoms with Crippen molar-refractivity contribution in [2.75, 3.05) is 31.3 Å². The Morgan fingerprint density at radius 3 is 2.48 bits per heavy atom. The molecule has 6 nitrogen and oxygen atoms in total. The van der Waals surface area contributed by atoms with Crippen molar-refractivity contribution in [1.29, 1.82) is 0 Å². The number of H-pyrrole nitrogens is 1. The van der Waals surface area contributed by atoms with Gasteiger partial charge in [0.05, 0.1) is 25.6 Å². The van der Waals surface area contributed by atoms with E-state index in [0.717, 1.165) is 63.9 Å².